The Morgan fingerprint density at radius 1 is 0.448 bits per heavy atom. The average Bonchev–Trinajstić information content (AvgIpc) is 3.42. The molecule has 0 spiro atoms. The van der Waals surface area contributed by atoms with Crippen LogP contribution in [0.15, 0.2) is 0 Å². The van der Waals surface area contributed by atoms with Crippen LogP contribution in [0, 0.1) is 0 Å². The summed E-state index contributed by atoms with van der Waals surface area (Å²) in [7, 11) is 0. The van der Waals surface area contributed by atoms with Gasteiger partial charge in [-0.15, -0.1) is 0 Å². The van der Waals surface area contributed by atoms with Crippen LogP contribution in [0.25, 0.3) is 0 Å². The van der Waals surface area contributed by atoms with E-state index in [1.54, 1.807) is 0 Å². The summed E-state index contributed by atoms with van der Waals surface area (Å²) in [6, 6.07) is 0. The van der Waals surface area contributed by atoms with Crippen molar-refractivity contribution in [3.8, 4) is 0 Å². The fourth-order valence-electron chi connectivity index (χ4n) is 9.02. The molecule has 0 bridgehead atoms. The standard InChI is InChI=1S/2C18H36O2.C4H6O5.4C4H9.2Sn/c2*1-2-3-4-5-6-7-8-9-10-11-12-13-14-15-16-17-18(19)20;5-2(4(8)9)1-3(6)7;4*1-3-4-2;;/h2*2-17H2,1H3,(H,19,20);2,5H,1H2,(H,6,7)(H,8,9);4*1,3-4H2,2H3;;/q;;;;;;;2*+2/p-4. The van der Waals surface area contributed by atoms with Gasteiger partial charge in [-0.1, -0.05) is 90.9 Å². The van der Waals surface area contributed by atoms with Crippen LogP contribution in [-0.2, 0) is 31.5 Å². The molecule has 0 amide bonds. The van der Waals surface area contributed by atoms with E-state index in [4.69, 9.17) is 12.3 Å². The summed E-state index contributed by atoms with van der Waals surface area (Å²) in [6.45, 7) is 13.0. The number of unbranched alkanes of at least 4 members (excludes halogenated alkanes) is 32. The van der Waals surface area contributed by atoms with Gasteiger partial charge in [-0.2, -0.15) is 0 Å². The van der Waals surface area contributed by atoms with Gasteiger partial charge in [0, 0.05) is 0 Å². The second kappa shape index (κ2) is 47.7. The second-order valence-corrected chi connectivity index (χ2v) is 38.6. The van der Waals surface area contributed by atoms with E-state index in [0.717, 1.165) is 85.9 Å². The Bertz CT molecular complexity index is 1100. The monoisotopic (exact) mass is 1170 g/mol. The molecule has 0 radical (unpaired) electrons. The summed E-state index contributed by atoms with van der Waals surface area (Å²) < 4.78 is 26.6. The van der Waals surface area contributed by atoms with Crippen LogP contribution in [0.3, 0.4) is 0 Å². The number of carbonyl (C=O) groups excluding carboxylic acids is 4. The van der Waals surface area contributed by atoms with Gasteiger partial charge in [-0.25, -0.2) is 0 Å². The Balaban J connectivity index is 0.00000200. The fourth-order valence-corrected chi connectivity index (χ4v) is 29.0. The third-order valence-corrected chi connectivity index (χ3v) is 32.9. The molecule has 1 N–H and O–H groups in total. The topological polar surface area (TPSA) is 125 Å². The van der Waals surface area contributed by atoms with Crippen LogP contribution in [0.5, 0.6) is 0 Å². The molecule has 1 heterocycles. The van der Waals surface area contributed by atoms with E-state index in [0.29, 0.717) is 21.7 Å². The first-order valence-corrected chi connectivity index (χ1v) is 41.9. The summed E-state index contributed by atoms with van der Waals surface area (Å²) in [5.74, 6) is -1.34. The third-order valence-electron chi connectivity index (χ3n) is 13.4. The average molecular weight is 1160 g/mol. The summed E-state index contributed by atoms with van der Waals surface area (Å²) in [5.41, 5.74) is 0. The van der Waals surface area contributed by atoms with Crippen LogP contribution >= 0.6 is 0 Å². The summed E-state index contributed by atoms with van der Waals surface area (Å²) >= 11 is -7.44. The van der Waals surface area contributed by atoms with E-state index in [9.17, 15) is 24.3 Å². The van der Waals surface area contributed by atoms with Gasteiger partial charge in [0.1, 0.15) is 0 Å². The molecule has 9 nitrogen and oxygen atoms in total. The number of hydrogen-bond acceptors (Lipinski definition) is 9. The molecule has 1 fully saturated rings. The molecule has 11 heteroatoms. The minimum absolute atomic E-state index is 0.0996. The molecule has 0 aromatic carbocycles. The van der Waals surface area contributed by atoms with E-state index < -0.39 is 56.5 Å². The molecule has 1 atom stereocenters. The van der Waals surface area contributed by atoms with Crippen molar-refractivity contribution in [2.75, 3.05) is 0 Å². The van der Waals surface area contributed by atoms with E-state index in [2.05, 4.69) is 41.5 Å². The van der Waals surface area contributed by atoms with Crippen LogP contribution in [0.2, 0.25) is 17.7 Å². The third kappa shape index (κ3) is 39.7. The van der Waals surface area contributed by atoms with Crippen LogP contribution in [0.4, 0.5) is 0 Å². The molecule has 1 aliphatic rings. The van der Waals surface area contributed by atoms with Crippen molar-refractivity contribution in [3.63, 3.8) is 0 Å². The zero-order valence-electron chi connectivity index (χ0n) is 45.1. The molecule has 0 aromatic heterocycles. The molecule has 1 rings (SSSR count). The van der Waals surface area contributed by atoms with Gasteiger partial charge in [0.15, 0.2) is 0 Å². The van der Waals surface area contributed by atoms with Crippen LogP contribution < -0.4 is 0 Å². The first-order valence-electron chi connectivity index (χ1n) is 29.1. The minimum atomic E-state index is -3.80. The Labute approximate surface area is 424 Å². The second-order valence-electron chi connectivity index (χ2n) is 20.2. The van der Waals surface area contributed by atoms with Gasteiger partial charge in [0.05, 0.1) is 0 Å². The Hall–Kier alpha value is -0.563. The Kier molecular flexibility index (Phi) is 47.3. The quantitative estimate of drug-likeness (QED) is 0.0468. The summed E-state index contributed by atoms with van der Waals surface area (Å²) in [4.78, 5) is 49.4. The van der Waals surface area contributed by atoms with Crippen molar-refractivity contribution in [2.24, 2.45) is 0 Å². The molecule has 1 saturated heterocycles. The number of carbonyl (C=O) groups is 4. The molecule has 0 aromatic rings. The molecule has 67 heavy (non-hydrogen) atoms. The SMILES string of the molecule is CCCCCCCCCCCCCCCCCC(=O)[O][Sn]([CH2]CCC)([CH2]CCC)[O]C(=O)CCCCCCCCCCCCCCCCC.CCC[CH2][Sn]1([CH2]CCC)[O]C(=O)CC(O)C(=O)[O]1. The number of aliphatic hydroxyl groups excluding tert-OH is 1. The Morgan fingerprint density at radius 2 is 0.731 bits per heavy atom. The summed E-state index contributed by atoms with van der Waals surface area (Å²) in [5, 5.41) is 9.47. The van der Waals surface area contributed by atoms with Crippen molar-refractivity contribution in [1.82, 2.24) is 0 Å². The van der Waals surface area contributed by atoms with Gasteiger partial charge in [0.25, 0.3) is 0 Å². The first kappa shape index (κ1) is 66.4. The number of aliphatic hydroxyl groups is 1. The zero-order chi connectivity index (χ0) is 49.5. The van der Waals surface area contributed by atoms with Gasteiger partial charge in [-0.3, -0.25) is 0 Å². The van der Waals surface area contributed by atoms with Crippen molar-refractivity contribution in [2.45, 2.75) is 329 Å². The molecule has 396 valence electrons. The van der Waals surface area contributed by atoms with E-state index in [-0.39, 0.29) is 18.4 Å². The molecule has 0 aliphatic carbocycles. The van der Waals surface area contributed by atoms with Gasteiger partial charge >= 0.3 is 337 Å². The first-order chi connectivity index (χ1) is 32.6. The van der Waals surface area contributed by atoms with Gasteiger partial charge in [0.2, 0.25) is 0 Å². The van der Waals surface area contributed by atoms with Crippen LogP contribution in [-0.4, -0.2) is 73.5 Å². The van der Waals surface area contributed by atoms with Crippen molar-refractivity contribution >= 4 is 62.3 Å². The van der Waals surface area contributed by atoms with Gasteiger partial charge < -0.3 is 0 Å². The number of hydrogen-bond donors (Lipinski definition) is 1. The zero-order valence-corrected chi connectivity index (χ0v) is 50.8. The van der Waals surface area contributed by atoms with Crippen molar-refractivity contribution < 1.29 is 36.6 Å². The Morgan fingerprint density at radius 3 is 1.03 bits per heavy atom. The molecule has 0 saturated carbocycles. The van der Waals surface area contributed by atoms with E-state index in [1.165, 1.54) is 167 Å². The predicted octanol–water partition coefficient (Wildman–Crippen LogP) is 17.5. The molecular weight excluding hydrogens is 1050 g/mol. The van der Waals surface area contributed by atoms with E-state index >= 15 is 0 Å². The van der Waals surface area contributed by atoms with Crippen molar-refractivity contribution in [3.05, 3.63) is 0 Å². The molecule has 1 unspecified atom stereocenters. The maximum atomic E-state index is 13.0. The normalized spacial score (nSPS) is 14.8. The predicted molar refractivity (Wildman–Crippen MR) is 284 cm³/mol. The molecule has 1 aliphatic heterocycles. The summed E-state index contributed by atoms with van der Waals surface area (Å²) in [6.07, 6.45) is 46.7. The van der Waals surface area contributed by atoms with Gasteiger partial charge in [-0.05, 0) is 0 Å². The maximum absolute atomic E-state index is 13.0. The van der Waals surface area contributed by atoms with Crippen LogP contribution in [0.1, 0.15) is 305 Å². The number of rotatable bonds is 46. The molecular formula is C56H110O9Sn2. The van der Waals surface area contributed by atoms with Crippen molar-refractivity contribution in [1.29, 1.82) is 0 Å². The fraction of sp³-hybridized carbons (Fsp3) is 0.929. The van der Waals surface area contributed by atoms with E-state index in [1.807, 2.05) is 0 Å².